The number of carbonyl (C=O) groups is 2. The molecule has 0 spiro atoms. The molecule has 1 saturated carbocycles. The highest BCUT2D eigenvalue weighted by molar-refractivity contribution is 6.32. The van der Waals surface area contributed by atoms with E-state index >= 15 is 0 Å². The molecule has 1 saturated heterocycles. The van der Waals surface area contributed by atoms with Crippen LogP contribution in [0.5, 0.6) is 5.75 Å². The van der Waals surface area contributed by atoms with Gasteiger partial charge in [0, 0.05) is 5.02 Å². The number of imide groups is 1. The Bertz CT molecular complexity index is 713. The number of phenolic OH excluding ortho intramolecular Hbond substituents is 1. The van der Waals surface area contributed by atoms with Crippen molar-refractivity contribution in [1.82, 2.24) is 0 Å². The van der Waals surface area contributed by atoms with Gasteiger partial charge in [-0.2, -0.15) is 0 Å². The van der Waals surface area contributed by atoms with Crippen molar-refractivity contribution in [3.05, 3.63) is 35.4 Å². The summed E-state index contributed by atoms with van der Waals surface area (Å²) in [6, 6.07) is 4.40. The SMILES string of the molecule is C[C@@]12C(=O)N(c3cc(Cl)ccc3O)C(=O)[C@@H]1[C@@H]1C=C[C@H]2C1. The Balaban J connectivity index is 1.85. The van der Waals surface area contributed by atoms with Gasteiger partial charge < -0.3 is 5.11 Å². The molecule has 1 aromatic carbocycles. The first kappa shape index (κ1) is 12.9. The molecule has 4 nitrogen and oxygen atoms in total. The van der Waals surface area contributed by atoms with E-state index in [1.54, 1.807) is 0 Å². The number of benzene rings is 1. The fourth-order valence-electron chi connectivity index (χ4n) is 4.21. The number of nitrogens with zero attached hydrogens (tertiary/aromatic N) is 1. The molecule has 2 amide bonds. The van der Waals surface area contributed by atoms with Crippen LogP contribution in [0, 0.1) is 23.2 Å². The number of aromatic hydroxyl groups is 1. The summed E-state index contributed by atoms with van der Waals surface area (Å²) in [5, 5.41) is 10.4. The number of rotatable bonds is 1. The normalized spacial score (nSPS) is 36.7. The number of halogens is 1. The number of anilines is 1. The molecule has 4 atom stereocenters. The van der Waals surface area contributed by atoms with Gasteiger partial charge in [0.2, 0.25) is 11.8 Å². The van der Waals surface area contributed by atoms with Gasteiger partial charge in [-0.3, -0.25) is 9.59 Å². The molecule has 2 fully saturated rings. The maximum atomic E-state index is 12.9. The number of carbonyl (C=O) groups excluding carboxylic acids is 2. The summed E-state index contributed by atoms with van der Waals surface area (Å²) in [7, 11) is 0. The van der Waals surface area contributed by atoms with Gasteiger partial charge in [-0.15, -0.1) is 0 Å². The van der Waals surface area contributed by atoms with Gasteiger partial charge in [0.15, 0.2) is 0 Å². The van der Waals surface area contributed by atoms with Crippen molar-refractivity contribution >= 4 is 29.1 Å². The number of hydrogen-bond acceptors (Lipinski definition) is 3. The highest BCUT2D eigenvalue weighted by Crippen LogP contribution is 2.61. The van der Waals surface area contributed by atoms with Crippen LogP contribution in [0.3, 0.4) is 0 Å². The second-order valence-corrected chi connectivity index (χ2v) is 6.70. The molecule has 5 heteroatoms. The van der Waals surface area contributed by atoms with E-state index in [4.69, 9.17) is 11.6 Å². The van der Waals surface area contributed by atoms with E-state index < -0.39 is 5.41 Å². The minimum absolute atomic E-state index is 0.107. The molecule has 21 heavy (non-hydrogen) atoms. The smallest absolute Gasteiger partial charge is 0.241 e. The van der Waals surface area contributed by atoms with Gasteiger partial charge in [0.25, 0.3) is 0 Å². The molecule has 0 unspecified atom stereocenters. The summed E-state index contributed by atoms with van der Waals surface area (Å²) in [5.74, 6) is -0.648. The third-order valence-electron chi connectivity index (χ3n) is 5.29. The van der Waals surface area contributed by atoms with E-state index in [9.17, 15) is 14.7 Å². The van der Waals surface area contributed by atoms with Gasteiger partial charge in [-0.05, 0) is 43.4 Å². The minimum Gasteiger partial charge on any atom is -0.506 e. The third-order valence-corrected chi connectivity index (χ3v) is 5.52. The van der Waals surface area contributed by atoms with E-state index in [-0.39, 0.29) is 41.0 Å². The number of phenols is 1. The molecular weight excluding hydrogens is 290 g/mol. The van der Waals surface area contributed by atoms with Crippen molar-refractivity contribution in [2.24, 2.45) is 23.2 Å². The van der Waals surface area contributed by atoms with Crippen LogP contribution in [0.15, 0.2) is 30.4 Å². The standard InChI is InChI=1S/C16H14ClNO3/c1-16-9-3-2-8(6-9)13(16)14(20)18(15(16)21)11-7-10(17)4-5-12(11)19/h2-5,7-9,13,19H,6H2,1H3/t8-,9+,13+,16+/m1/s1. The highest BCUT2D eigenvalue weighted by atomic mass is 35.5. The number of allylic oxidation sites excluding steroid dienone is 2. The first-order valence-electron chi connectivity index (χ1n) is 7.00. The second-order valence-electron chi connectivity index (χ2n) is 6.26. The summed E-state index contributed by atoms with van der Waals surface area (Å²) in [4.78, 5) is 26.8. The first-order valence-corrected chi connectivity index (χ1v) is 7.37. The molecule has 0 radical (unpaired) electrons. The molecular formula is C16H14ClNO3. The first-order chi connectivity index (χ1) is 9.94. The van der Waals surface area contributed by atoms with Crippen molar-refractivity contribution in [2.75, 3.05) is 4.90 Å². The van der Waals surface area contributed by atoms with Crippen molar-refractivity contribution in [2.45, 2.75) is 13.3 Å². The van der Waals surface area contributed by atoms with Gasteiger partial charge in [-0.1, -0.05) is 23.8 Å². The Morgan fingerprint density at radius 3 is 2.81 bits per heavy atom. The Kier molecular flexibility index (Phi) is 2.39. The van der Waals surface area contributed by atoms with Gasteiger partial charge >= 0.3 is 0 Å². The molecule has 2 bridgehead atoms. The fourth-order valence-corrected chi connectivity index (χ4v) is 4.38. The average molecular weight is 304 g/mol. The summed E-state index contributed by atoms with van der Waals surface area (Å²) in [5.41, 5.74) is -0.502. The topological polar surface area (TPSA) is 57.6 Å². The quantitative estimate of drug-likeness (QED) is 0.641. The lowest BCUT2D eigenvalue weighted by Crippen LogP contribution is -2.37. The van der Waals surface area contributed by atoms with Crippen LogP contribution in [-0.2, 0) is 9.59 Å². The van der Waals surface area contributed by atoms with Gasteiger partial charge in [0.05, 0.1) is 17.0 Å². The van der Waals surface area contributed by atoms with Crippen molar-refractivity contribution < 1.29 is 14.7 Å². The van der Waals surface area contributed by atoms with E-state index in [0.29, 0.717) is 5.02 Å². The Hall–Kier alpha value is -1.81. The van der Waals surface area contributed by atoms with Crippen molar-refractivity contribution in [3.63, 3.8) is 0 Å². The minimum atomic E-state index is -0.689. The Labute approximate surface area is 127 Å². The monoisotopic (exact) mass is 303 g/mol. The predicted octanol–water partition coefficient (Wildman–Crippen LogP) is 2.75. The molecule has 1 N–H and O–H groups in total. The Morgan fingerprint density at radius 2 is 2.10 bits per heavy atom. The predicted molar refractivity (Wildman–Crippen MR) is 77.9 cm³/mol. The Morgan fingerprint density at radius 1 is 1.33 bits per heavy atom. The second kappa shape index (κ2) is 3.89. The van der Waals surface area contributed by atoms with Crippen LogP contribution in [0.1, 0.15) is 13.3 Å². The van der Waals surface area contributed by atoms with Crippen LogP contribution in [0.25, 0.3) is 0 Å². The summed E-state index contributed by atoms with van der Waals surface area (Å²) < 4.78 is 0. The van der Waals surface area contributed by atoms with Crippen LogP contribution < -0.4 is 4.90 Å². The van der Waals surface area contributed by atoms with Crippen LogP contribution in [0.4, 0.5) is 5.69 Å². The van der Waals surface area contributed by atoms with Crippen molar-refractivity contribution in [1.29, 1.82) is 0 Å². The van der Waals surface area contributed by atoms with Crippen LogP contribution in [-0.4, -0.2) is 16.9 Å². The molecule has 1 aromatic rings. The average Bonchev–Trinajstić information content (AvgIpc) is 3.06. The van der Waals surface area contributed by atoms with E-state index in [1.165, 1.54) is 18.2 Å². The summed E-state index contributed by atoms with van der Waals surface area (Å²) in [6.07, 6.45) is 4.96. The van der Waals surface area contributed by atoms with E-state index in [0.717, 1.165) is 11.3 Å². The largest absolute Gasteiger partial charge is 0.506 e. The molecule has 3 aliphatic rings. The maximum absolute atomic E-state index is 12.9. The van der Waals surface area contributed by atoms with E-state index in [1.807, 2.05) is 19.1 Å². The number of fused-ring (bicyclic) bond motifs is 5. The molecule has 2 aliphatic carbocycles. The van der Waals surface area contributed by atoms with Crippen LogP contribution >= 0.6 is 11.6 Å². The molecule has 108 valence electrons. The zero-order valence-electron chi connectivity index (χ0n) is 11.4. The zero-order chi connectivity index (χ0) is 14.9. The molecule has 4 rings (SSSR count). The number of amides is 2. The van der Waals surface area contributed by atoms with Gasteiger partial charge in [-0.25, -0.2) is 4.90 Å². The lowest BCUT2D eigenvalue weighted by atomic mass is 9.71. The molecule has 1 heterocycles. The van der Waals surface area contributed by atoms with Gasteiger partial charge in [0.1, 0.15) is 5.75 Å². The maximum Gasteiger partial charge on any atom is 0.241 e. The highest BCUT2D eigenvalue weighted by Gasteiger charge is 2.67. The van der Waals surface area contributed by atoms with Crippen LogP contribution in [0.2, 0.25) is 5.02 Å². The summed E-state index contributed by atoms with van der Waals surface area (Å²) >= 11 is 5.94. The fraction of sp³-hybridized carbons (Fsp3) is 0.375. The summed E-state index contributed by atoms with van der Waals surface area (Å²) in [6.45, 7) is 1.87. The van der Waals surface area contributed by atoms with E-state index in [2.05, 4.69) is 0 Å². The molecule has 1 aliphatic heterocycles. The van der Waals surface area contributed by atoms with Crippen molar-refractivity contribution in [3.8, 4) is 5.75 Å². The lowest BCUT2D eigenvalue weighted by molar-refractivity contribution is -0.127. The third kappa shape index (κ3) is 1.41. The zero-order valence-corrected chi connectivity index (χ0v) is 12.2. The molecule has 0 aromatic heterocycles. The number of hydrogen-bond donors (Lipinski definition) is 1. The lowest BCUT2D eigenvalue weighted by Gasteiger charge is -2.28.